The second-order valence-corrected chi connectivity index (χ2v) is 8.93. The van der Waals surface area contributed by atoms with Gasteiger partial charge in [0.15, 0.2) is 0 Å². The molecule has 1 aliphatic rings. The minimum Gasteiger partial charge on any atom is -0.409 e. The Bertz CT molecular complexity index is 536. The number of nitrogens with two attached hydrogens (primary N) is 1. The molecule has 0 heterocycles. The Morgan fingerprint density at radius 3 is 2.32 bits per heavy atom. The Morgan fingerprint density at radius 2 is 1.89 bits per heavy atom. The van der Waals surface area contributed by atoms with Gasteiger partial charge >= 0.3 is 0 Å². The zero-order chi connectivity index (χ0) is 14.7. The van der Waals surface area contributed by atoms with E-state index in [-0.39, 0.29) is 24.8 Å². The highest BCUT2D eigenvalue weighted by molar-refractivity contribution is 7.93. The Hall–Kier alpha value is -0.870. The molecule has 1 rings (SSSR count). The van der Waals surface area contributed by atoms with Crippen molar-refractivity contribution in [1.29, 1.82) is 0 Å². The number of amidine groups is 1. The molecule has 0 atom stereocenters. The van der Waals surface area contributed by atoms with Crippen LogP contribution in [0.3, 0.4) is 0 Å². The summed E-state index contributed by atoms with van der Waals surface area (Å²) < 4.78 is 47.5. The largest absolute Gasteiger partial charge is 0.409 e. The molecule has 0 bridgehead atoms. The van der Waals surface area contributed by atoms with Crippen molar-refractivity contribution in [2.45, 2.75) is 25.3 Å². The number of nitrogens with zero attached hydrogens (tertiary/aromatic N) is 2. The number of sulfone groups is 1. The van der Waals surface area contributed by atoms with Crippen LogP contribution in [0.15, 0.2) is 5.16 Å². The van der Waals surface area contributed by atoms with E-state index >= 15 is 0 Å². The summed E-state index contributed by atoms with van der Waals surface area (Å²) in [5.74, 6) is -0.885. The van der Waals surface area contributed by atoms with Gasteiger partial charge in [0.25, 0.3) is 0 Å². The first-order chi connectivity index (χ1) is 8.65. The third-order valence-corrected chi connectivity index (χ3v) is 5.86. The summed E-state index contributed by atoms with van der Waals surface area (Å²) in [4.78, 5) is 0. The van der Waals surface area contributed by atoms with Crippen LogP contribution in [-0.4, -0.2) is 62.5 Å². The highest BCUT2D eigenvalue weighted by Gasteiger charge is 2.37. The van der Waals surface area contributed by atoms with Gasteiger partial charge in [0.05, 0.1) is 11.5 Å². The van der Waals surface area contributed by atoms with Gasteiger partial charge in [-0.2, -0.15) is 4.31 Å². The molecule has 0 radical (unpaired) electrons. The Labute approximate surface area is 113 Å². The van der Waals surface area contributed by atoms with Crippen LogP contribution in [0.2, 0.25) is 0 Å². The Balaban J connectivity index is 2.69. The van der Waals surface area contributed by atoms with Gasteiger partial charge in [-0.05, 0) is 12.8 Å². The first-order valence-electron chi connectivity index (χ1n) is 5.79. The summed E-state index contributed by atoms with van der Waals surface area (Å²) in [6, 6.07) is -0.0870. The molecular weight excluding hydrogens is 294 g/mol. The van der Waals surface area contributed by atoms with Crippen LogP contribution >= 0.6 is 0 Å². The summed E-state index contributed by atoms with van der Waals surface area (Å²) in [7, 11) is -6.96. The van der Waals surface area contributed by atoms with E-state index in [0.29, 0.717) is 0 Å². The third-order valence-electron chi connectivity index (χ3n) is 2.74. The van der Waals surface area contributed by atoms with E-state index < -0.39 is 31.4 Å². The standard InChI is InChI=1S/C9H19N3O5S2/c1-18(14,15)6-7-19(16,17)12(8-2-3-8)5-4-9(10)11-13/h8,13H,2-7H2,1H3,(H2,10,11). The van der Waals surface area contributed by atoms with Crippen molar-refractivity contribution in [2.24, 2.45) is 10.9 Å². The minimum atomic E-state index is -3.63. The van der Waals surface area contributed by atoms with Gasteiger partial charge in [-0.25, -0.2) is 16.8 Å². The van der Waals surface area contributed by atoms with Crippen LogP contribution in [0, 0.1) is 0 Å². The van der Waals surface area contributed by atoms with E-state index in [9.17, 15) is 16.8 Å². The first kappa shape index (κ1) is 16.2. The van der Waals surface area contributed by atoms with Crippen molar-refractivity contribution >= 4 is 25.7 Å². The molecule has 8 nitrogen and oxygen atoms in total. The van der Waals surface area contributed by atoms with Crippen LogP contribution in [0.5, 0.6) is 0 Å². The molecule has 0 aromatic heterocycles. The molecule has 0 aromatic carbocycles. The van der Waals surface area contributed by atoms with Gasteiger partial charge in [0, 0.05) is 25.3 Å². The predicted molar refractivity (Wildman–Crippen MR) is 71.3 cm³/mol. The zero-order valence-corrected chi connectivity index (χ0v) is 12.3. The third kappa shape index (κ3) is 5.74. The first-order valence-corrected chi connectivity index (χ1v) is 9.46. The van der Waals surface area contributed by atoms with Gasteiger partial charge < -0.3 is 10.9 Å². The molecular formula is C9H19N3O5S2. The highest BCUT2D eigenvalue weighted by atomic mass is 32.2. The summed E-state index contributed by atoms with van der Waals surface area (Å²) in [5, 5.41) is 11.2. The lowest BCUT2D eigenvalue weighted by Gasteiger charge is -2.21. The summed E-state index contributed by atoms with van der Waals surface area (Å²) >= 11 is 0. The second-order valence-electron chi connectivity index (χ2n) is 4.63. The van der Waals surface area contributed by atoms with Crippen molar-refractivity contribution in [2.75, 3.05) is 24.3 Å². The van der Waals surface area contributed by atoms with Gasteiger partial charge in [-0.3, -0.25) is 0 Å². The number of hydrogen-bond donors (Lipinski definition) is 2. The second kappa shape index (κ2) is 6.06. The van der Waals surface area contributed by atoms with E-state index in [4.69, 9.17) is 10.9 Å². The molecule has 0 amide bonds. The van der Waals surface area contributed by atoms with E-state index in [1.807, 2.05) is 0 Å². The highest BCUT2D eigenvalue weighted by Crippen LogP contribution is 2.29. The van der Waals surface area contributed by atoms with Crippen molar-refractivity contribution < 1.29 is 22.0 Å². The molecule has 1 fully saturated rings. The van der Waals surface area contributed by atoms with Gasteiger partial charge in [-0.15, -0.1) is 0 Å². The minimum absolute atomic E-state index is 0.0519. The van der Waals surface area contributed by atoms with Crippen LogP contribution in [-0.2, 0) is 19.9 Å². The predicted octanol–water partition coefficient (Wildman–Crippen LogP) is -1.04. The van der Waals surface area contributed by atoms with E-state index in [1.165, 1.54) is 4.31 Å². The molecule has 0 unspecified atom stereocenters. The number of oxime groups is 1. The van der Waals surface area contributed by atoms with E-state index in [1.54, 1.807) is 0 Å². The van der Waals surface area contributed by atoms with Gasteiger partial charge in [0.1, 0.15) is 15.7 Å². The van der Waals surface area contributed by atoms with Crippen molar-refractivity contribution in [3.63, 3.8) is 0 Å². The monoisotopic (exact) mass is 313 g/mol. The molecule has 0 spiro atoms. The van der Waals surface area contributed by atoms with E-state index in [2.05, 4.69) is 5.16 Å². The maximum Gasteiger partial charge on any atom is 0.215 e. The number of rotatable bonds is 8. The van der Waals surface area contributed by atoms with Gasteiger partial charge in [-0.1, -0.05) is 5.16 Å². The maximum absolute atomic E-state index is 12.1. The SMILES string of the molecule is CS(=O)(=O)CCS(=O)(=O)N(CCC(N)=NO)C1CC1. The fourth-order valence-electron chi connectivity index (χ4n) is 1.56. The van der Waals surface area contributed by atoms with Crippen LogP contribution < -0.4 is 5.73 Å². The van der Waals surface area contributed by atoms with Crippen LogP contribution in [0.4, 0.5) is 0 Å². The molecule has 19 heavy (non-hydrogen) atoms. The summed E-state index contributed by atoms with van der Waals surface area (Å²) in [6.07, 6.45) is 2.63. The maximum atomic E-state index is 12.1. The normalized spacial score (nSPS) is 17.9. The fourth-order valence-corrected chi connectivity index (χ4v) is 4.88. The number of sulfonamides is 1. The molecule has 10 heteroatoms. The molecule has 3 N–H and O–H groups in total. The molecule has 0 aromatic rings. The molecule has 1 saturated carbocycles. The summed E-state index contributed by atoms with van der Waals surface area (Å²) in [5.41, 5.74) is 5.31. The van der Waals surface area contributed by atoms with Crippen molar-refractivity contribution in [1.82, 2.24) is 4.31 Å². The molecule has 112 valence electrons. The lowest BCUT2D eigenvalue weighted by Crippen LogP contribution is -2.38. The van der Waals surface area contributed by atoms with Crippen molar-refractivity contribution in [3.05, 3.63) is 0 Å². The topological polar surface area (TPSA) is 130 Å². The summed E-state index contributed by atoms with van der Waals surface area (Å²) in [6.45, 7) is 0.104. The molecule has 0 saturated heterocycles. The lowest BCUT2D eigenvalue weighted by atomic mass is 10.4. The van der Waals surface area contributed by atoms with Crippen LogP contribution in [0.1, 0.15) is 19.3 Å². The lowest BCUT2D eigenvalue weighted by molar-refractivity contribution is 0.315. The Morgan fingerprint density at radius 1 is 1.32 bits per heavy atom. The zero-order valence-electron chi connectivity index (χ0n) is 10.7. The quantitative estimate of drug-likeness (QED) is 0.255. The van der Waals surface area contributed by atoms with Gasteiger partial charge in [0.2, 0.25) is 10.0 Å². The van der Waals surface area contributed by atoms with E-state index in [0.717, 1.165) is 19.1 Å². The number of hydrogen-bond acceptors (Lipinski definition) is 6. The Kier molecular flexibility index (Phi) is 5.16. The molecule has 0 aliphatic heterocycles. The molecule has 1 aliphatic carbocycles. The van der Waals surface area contributed by atoms with Crippen LogP contribution in [0.25, 0.3) is 0 Å². The smallest absolute Gasteiger partial charge is 0.215 e. The fraction of sp³-hybridized carbons (Fsp3) is 0.889. The van der Waals surface area contributed by atoms with Crippen molar-refractivity contribution in [3.8, 4) is 0 Å². The average molecular weight is 313 g/mol. The average Bonchev–Trinajstić information content (AvgIpc) is 3.09.